The van der Waals surface area contributed by atoms with Crippen LogP contribution in [0.15, 0.2) is 36.7 Å². The second-order valence-electron chi connectivity index (χ2n) is 2.23. The van der Waals surface area contributed by atoms with Gasteiger partial charge >= 0.3 is 29.6 Å². The molecule has 1 radical (unpaired) electrons. The van der Waals surface area contributed by atoms with Crippen LogP contribution in [0.2, 0.25) is 0 Å². The second-order valence-corrected chi connectivity index (χ2v) is 2.23. The molecule has 3 heteroatoms. The van der Waals surface area contributed by atoms with Gasteiger partial charge in [-0.05, 0) is 6.07 Å². The average molecular weight is 167 g/mol. The van der Waals surface area contributed by atoms with Crippen LogP contribution in [0.4, 0.5) is 0 Å². The van der Waals surface area contributed by atoms with E-state index in [4.69, 9.17) is 0 Å². The Bertz CT molecular complexity index is 316. The Morgan fingerprint density at radius 1 is 1.25 bits per heavy atom. The van der Waals surface area contributed by atoms with Gasteiger partial charge in [-0.25, -0.2) is 4.98 Å². The molecule has 1 aromatic carbocycles. The number of hydrogen-bond acceptors (Lipinski definition) is 1. The van der Waals surface area contributed by atoms with Gasteiger partial charge in [0.05, 0.1) is 0 Å². The molecule has 0 saturated heterocycles. The molecule has 12 heavy (non-hydrogen) atoms. The van der Waals surface area contributed by atoms with Crippen molar-refractivity contribution in [2.24, 2.45) is 0 Å². The molecule has 0 saturated carbocycles. The van der Waals surface area contributed by atoms with Crippen LogP contribution < -0.4 is 0 Å². The van der Waals surface area contributed by atoms with Crippen LogP contribution in [0, 0.1) is 6.07 Å². The molecule has 2 nitrogen and oxygen atoms in total. The molecule has 0 fully saturated rings. The Balaban J connectivity index is 0.000000720. The van der Waals surface area contributed by atoms with Gasteiger partial charge in [-0.1, -0.05) is 24.3 Å². The second kappa shape index (κ2) is 4.45. The van der Waals surface area contributed by atoms with Gasteiger partial charge in [0.25, 0.3) is 0 Å². The third-order valence-electron chi connectivity index (χ3n) is 1.49. The Morgan fingerprint density at radius 3 is 2.58 bits per heavy atom. The molecule has 0 atom stereocenters. The predicted molar refractivity (Wildman–Crippen MR) is 50.0 cm³/mol. The number of hydrogen-bond donors (Lipinski definition) is 1. The molecule has 0 aliphatic heterocycles. The van der Waals surface area contributed by atoms with Gasteiger partial charge in [0.1, 0.15) is 5.82 Å². The molecule has 0 aliphatic rings. The van der Waals surface area contributed by atoms with Crippen LogP contribution in [-0.2, 0) is 0 Å². The summed E-state index contributed by atoms with van der Waals surface area (Å²) in [6.45, 7) is 0. The quantitative estimate of drug-likeness (QED) is 0.636. The van der Waals surface area contributed by atoms with Crippen molar-refractivity contribution in [2.45, 2.75) is 0 Å². The normalized spacial score (nSPS) is 9.00. The average Bonchev–Trinajstić information content (AvgIpc) is 2.58. The molecule has 1 N–H and O–H groups in total. The largest absolute Gasteiger partial charge is 0.345 e. The summed E-state index contributed by atoms with van der Waals surface area (Å²) in [5.74, 6) is 0.902. The van der Waals surface area contributed by atoms with Crippen LogP contribution >= 0.6 is 0 Å². The Morgan fingerprint density at radius 2 is 2.00 bits per heavy atom. The standard InChI is InChI=1S/C9H7N2.Na.H/c1-2-4-8(5-3-1)9-10-6-7-11-9;;/h2-7H,(H,10,11);;. The fourth-order valence-electron chi connectivity index (χ4n) is 0.968. The third kappa shape index (κ3) is 1.97. The van der Waals surface area contributed by atoms with E-state index >= 15 is 0 Å². The summed E-state index contributed by atoms with van der Waals surface area (Å²) < 4.78 is 0. The maximum absolute atomic E-state index is 4.12. The van der Waals surface area contributed by atoms with Crippen molar-refractivity contribution in [1.29, 1.82) is 0 Å². The van der Waals surface area contributed by atoms with Crippen LogP contribution in [0.1, 0.15) is 0 Å². The molecule has 0 aliphatic carbocycles. The van der Waals surface area contributed by atoms with Gasteiger partial charge in [-0.2, -0.15) is 0 Å². The van der Waals surface area contributed by atoms with Crippen molar-refractivity contribution in [3.63, 3.8) is 0 Å². The summed E-state index contributed by atoms with van der Waals surface area (Å²) in [5, 5.41) is 0. The van der Waals surface area contributed by atoms with Gasteiger partial charge < -0.3 is 4.98 Å². The van der Waals surface area contributed by atoms with Crippen molar-refractivity contribution in [3.05, 3.63) is 42.7 Å². The Kier molecular flexibility index (Phi) is 3.53. The summed E-state index contributed by atoms with van der Waals surface area (Å²) in [4.78, 5) is 7.15. The molecular formula is C9H8N2Na. The Hall–Kier alpha value is -0.570. The van der Waals surface area contributed by atoms with Crippen LogP contribution in [0.5, 0.6) is 0 Å². The summed E-state index contributed by atoms with van der Waals surface area (Å²) in [6.07, 6.45) is 3.55. The van der Waals surface area contributed by atoms with E-state index in [0.29, 0.717) is 0 Å². The summed E-state index contributed by atoms with van der Waals surface area (Å²) in [7, 11) is 0. The van der Waals surface area contributed by atoms with Gasteiger partial charge in [0.15, 0.2) is 0 Å². The first-order valence-corrected chi connectivity index (χ1v) is 3.43. The first kappa shape index (κ1) is 9.52. The minimum absolute atomic E-state index is 0. The number of rotatable bonds is 1. The maximum atomic E-state index is 4.12. The molecule has 2 rings (SSSR count). The molecule has 1 aromatic heterocycles. The minimum Gasteiger partial charge on any atom is -0.345 e. The maximum Gasteiger partial charge on any atom is 0.137 e. The molecule has 55 valence electrons. The number of nitrogens with one attached hydrogen (secondary N) is 1. The van der Waals surface area contributed by atoms with E-state index in [2.05, 4.69) is 16.0 Å². The van der Waals surface area contributed by atoms with E-state index in [1.165, 1.54) is 0 Å². The Labute approximate surface area is 93.3 Å². The number of aromatic amines is 1. The summed E-state index contributed by atoms with van der Waals surface area (Å²) in [5.41, 5.74) is 1.09. The molecule has 2 aromatic rings. The molecular weight excluding hydrogens is 159 g/mol. The monoisotopic (exact) mass is 167 g/mol. The predicted octanol–water partition coefficient (Wildman–Crippen LogP) is 1.23. The van der Waals surface area contributed by atoms with Crippen LogP contribution in [0.25, 0.3) is 11.4 Å². The number of nitrogens with zero attached hydrogens (tertiary/aromatic N) is 1. The zero-order chi connectivity index (χ0) is 7.52. The topological polar surface area (TPSA) is 28.7 Å². The van der Waals surface area contributed by atoms with Gasteiger partial charge in [-0.3, -0.25) is 0 Å². The molecule has 0 spiro atoms. The van der Waals surface area contributed by atoms with Gasteiger partial charge in [0.2, 0.25) is 0 Å². The van der Waals surface area contributed by atoms with E-state index in [1.807, 2.05) is 30.5 Å². The molecule has 0 unspecified atom stereocenters. The van der Waals surface area contributed by atoms with Gasteiger partial charge in [-0.15, -0.1) is 0 Å². The van der Waals surface area contributed by atoms with Crippen molar-refractivity contribution >= 4 is 29.6 Å². The first-order chi connectivity index (χ1) is 5.47. The summed E-state index contributed by atoms with van der Waals surface area (Å²) >= 11 is 0. The van der Waals surface area contributed by atoms with Crippen molar-refractivity contribution < 1.29 is 0 Å². The number of imidazole rings is 1. The number of aromatic nitrogens is 2. The van der Waals surface area contributed by atoms with E-state index in [9.17, 15) is 0 Å². The first-order valence-electron chi connectivity index (χ1n) is 3.43. The molecule has 1 heterocycles. The van der Waals surface area contributed by atoms with E-state index in [1.54, 1.807) is 6.20 Å². The minimum atomic E-state index is 0. The smallest absolute Gasteiger partial charge is 0.137 e. The zero-order valence-corrected chi connectivity index (χ0v) is 5.91. The van der Waals surface area contributed by atoms with E-state index < -0.39 is 0 Å². The summed E-state index contributed by atoms with van der Waals surface area (Å²) in [6, 6.07) is 10.6. The van der Waals surface area contributed by atoms with Gasteiger partial charge in [0, 0.05) is 18.0 Å². The molecule has 0 bridgehead atoms. The van der Waals surface area contributed by atoms with Crippen molar-refractivity contribution in [1.82, 2.24) is 9.97 Å². The fourth-order valence-corrected chi connectivity index (χ4v) is 0.968. The zero-order valence-electron chi connectivity index (χ0n) is 5.91. The van der Waals surface area contributed by atoms with Crippen molar-refractivity contribution in [3.8, 4) is 11.4 Å². The molecule has 0 amide bonds. The number of H-pyrrole nitrogens is 1. The van der Waals surface area contributed by atoms with E-state index in [-0.39, 0.29) is 29.6 Å². The van der Waals surface area contributed by atoms with Crippen molar-refractivity contribution in [2.75, 3.05) is 0 Å². The SMILES string of the molecule is [NaH].[c]1ccc(-c2ncc[nH]2)cc1. The fraction of sp³-hybridized carbons (Fsp3) is 0. The van der Waals surface area contributed by atoms with E-state index in [0.717, 1.165) is 11.4 Å². The van der Waals surface area contributed by atoms with Crippen LogP contribution in [0.3, 0.4) is 0 Å². The number of benzene rings is 1. The van der Waals surface area contributed by atoms with Crippen LogP contribution in [-0.4, -0.2) is 39.5 Å². The third-order valence-corrected chi connectivity index (χ3v) is 1.49.